The van der Waals surface area contributed by atoms with Gasteiger partial charge in [0.25, 0.3) is 5.91 Å². The van der Waals surface area contributed by atoms with Gasteiger partial charge in [0.05, 0.1) is 25.1 Å². The molecular weight excluding hydrogens is 366 g/mol. The predicted molar refractivity (Wildman–Crippen MR) is 112 cm³/mol. The highest BCUT2D eigenvalue weighted by molar-refractivity contribution is 6.03. The summed E-state index contributed by atoms with van der Waals surface area (Å²) < 4.78 is 11.4. The maximum atomic E-state index is 13.3. The number of amides is 1. The standard InChI is InChI=1S/C23H29N3O3/c1-17-7-9-18(10-8-17)19-14-20(21-6-4-13-29-21)26(24-19)22(27)15-25-11-5-12-28-16-23(25,2)3/h4,6-10,13,20H,5,11-12,14-16H2,1-3H3. The van der Waals surface area contributed by atoms with Crippen molar-refractivity contribution >= 4 is 11.6 Å². The number of hydrogen-bond donors (Lipinski definition) is 0. The number of hydrogen-bond acceptors (Lipinski definition) is 5. The van der Waals surface area contributed by atoms with Crippen LogP contribution in [0, 0.1) is 6.92 Å². The number of carbonyl (C=O) groups is 1. The molecule has 1 amide bonds. The SMILES string of the molecule is Cc1ccc(C2=NN(C(=O)CN3CCCOCC3(C)C)C(c3ccco3)C2)cc1. The molecule has 0 saturated carbocycles. The van der Waals surface area contributed by atoms with Crippen LogP contribution in [0.25, 0.3) is 0 Å². The number of carbonyl (C=O) groups excluding carboxylic acids is 1. The van der Waals surface area contributed by atoms with Crippen molar-refractivity contribution in [2.24, 2.45) is 5.10 Å². The lowest BCUT2D eigenvalue weighted by atomic mass is 10.0. The number of hydrazone groups is 1. The molecule has 6 heteroatoms. The Hall–Kier alpha value is -2.44. The molecule has 3 heterocycles. The summed E-state index contributed by atoms with van der Waals surface area (Å²) in [5, 5.41) is 6.37. The Balaban J connectivity index is 1.59. The van der Waals surface area contributed by atoms with Gasteiger partial charge in [-0.15, -0.1) is 0 Å². The molecule has 0 radical (unpaired) electrons. The van der Waals surface area contributed by atoms with Crippen LogP contribution < -0.4 is 0 Å². The van der Waals surface area contributed by atoms with Gasteiger partial charge in [-0.05, 0) is 44.9 Å². The molecule has 0 aliphatic carbocycles. The third kappa shape index (κ3) is 4.28. The third-order valence-corrected chi connectivity index (χ3v) is 5.78. The van der Waals surface area contributed by atoms with Crippen LogP contribution in [0.5, 0.6) is 0 Å². The molecule has 1 unspecified atom stereocenters. The van der Waals surface area contributed by atoms with Crippen LogP contribution in [-0.4, -0.2) is 53.4 Å². The molecule has 2 aromatic rings. The highest BCUT2D eigenvalue weighted by Crippen LogP contribution is 2.33. The van der Waals surface area contributed by atoms with E-state index in [2.05, 4.69) is 49.9 Å². The maximum absolute atomic E-state index is 13.3. The predicted octanol–water partition coefficient (Wildman–Crippen LogP) is 3.77. The largest absolute Gasteiger partial charge is 0.467 e. The van der Waals surface area contributed by atoms with Crippen molar-refractivity contribution in [3.63, 3.8) is 0 Å². The molecule has 1 aromatic heterocycles. The van der Waals surface area contributed by atoms with E-state index in [1.165, 1.54) is 5.56 Å². The van der Waals surface area contributed by atoms with Gasteiger partial charge in [0.2, 0.25) is 0 Å². The van der Waals surface area contributed by atoms with Gasteiger partial charge in [-0.3, -0.25) is 9.69 Å². The summed E-state index contributed by atoms with van der Waals surface area (Å²) in [6.45, 7) is 8.84. The van der Waals surface area contributed by atoms with E-state index < -0.39 is 0 Å². The van der Waals surface area contributed by atoms with Gasteiger partial charge in [-0.25, -0.2) is 5.01 Å². The number of nitrogens with zero attached hydrogens (tertiary/aromatic N) is 3. The fourth-order valence-electron chi connectivity index (χ4n) is 3.97. The van der Waals surface area contributed by atoms with Crippen LogP contribution in [0.15, 0.2) is 52.2 Å². The molecule has 1 fully saturated rings. The van der Waals surface area contributed by atoms with Crippen LogP contribution in [0.3, 0.4) is 0 Å². The number of rotatable bonds is 4. The molecule has 0 N–H and O–H groups in total. The molecule has 29 heavy (non-hydrogen) atoms. The Morgan fingerprint density at radius 3 is 2.76 bits per heavy atom. The normalized spacial score (nSPS) is 22.4. The second kappa shape index (κ2) is 8.13. The van der Waals surface area contributed by atoms with Gasteiger partial charge >= 0.3 is 0 Å². The quantitative estimate of drug-likeness (QED) is 0.791. The summed E-state index contributed by atoms with van der Waals surface area (Å²) in [7, 11) is 0. The van der Waals surface area contributed by atoms with Crippen LogP contribution in [0.1, 0.15) is 49.6 Å². The number of aryl methyl sites for hydroxylation is 1. The van der Waals surface area contributed by atoms with Gasteiger partial charge in [-0.1, -0.05) is 29.8 Å². The zero-order valence-electron chi connectivity index (χ0n) is 17.4. The van der Waals surface area contributed by atoms with Gasteiger partial charge in [0.1, 0.15) is 11.8 Å². The van der Waals surface area contributed by atoms with E-state index in [1.807, 2.05) is 12.1 Å². The van der Waals surface area contributed by atoms with Crippen LogP contribution in [0.4, 0.5) is 0 Å². The fraction of sp³-hybridized carbons (Fsp3) is 0.478. The molecule has 154 valence electrons. The summed E-state index contributed by atoms with van der Waals surface area (Å²) in [6, 6.07) is 11.8. The minimum absolute atomic E-state index is 0.0107. The topological polar surface area (TPSA) is 58.3 Å². The first kappa shape index (κ1) is 19.9. The monoisotopic (exact) mass is 395 g/mol. The van der Waals surface area contributed by atoms with Crippen LogP contribution in [-0.2, 0) is 9.53 Å². The Kier molecular flexibility index (Phi) is 5.56. The zero-order valence-corrected chi connectivity index (χ0v) is 17.4. The van der Waals surface area contributed by atoms with Crippen molar-refractivity contribution in [2.75, 3.05) is 26.3 Å². The van der Waals surface area contributed by atoms with Crippen molar-refractivity contribution < 1.29 is 13.9 Å². The number of ether oxygens (including phenoxy) is 1. The molecule has 1 atom stereocenters. The minimum Gasteiger partial charge on any atom is -0.467 e. The lowest BCUT2D eigenvalue weighted by molar-refractivity contribution is -0.136. The molecule has 1 saturated heterocycles. The van der Waals surface area contributed by atoms with Gasteiger partial charge in [0, 0.05) is 25.1 Å². The summed E-state index contributed by atoms with van der Waals surface area (Å²) in [6.07, 6.45) is 3.22. The average Bonchev–Trinajstić information content (AvgIpc) is 3.33. The van der Waals surface area contributed by atoms with E-state index in [0.29, 0.717) is 19.6 Å². The Bertz CT molecular complexity index is 871. The maximum Gasteiger partial charge on any atom is 0.257 e. The lowest BCUT2D eigenvalue weighted by Gasteiger charge is -2.36. The zero-order chi connectivity index (χ0) is 20.4. The first-order valence-corrected chi connectivity index (χ1v) is 10.3. The average molecular weight is 396 g/mol. The van der Waals surface area contributed by atoms with Crippen molar-refractivity contribution in [1.82, 2.24) is 9.91 Å². The fourth-order valence-corrected chi connectivity index (χ4v) is 3.97. The van der Waals surface area contributed by atoms with E-state index in [9.17, 15) is 4.79 Å². The molecular formula is C23H29N3O3. The summed E-state index contributed by atoms with van der Waals surface area (Å²) in [4.78, 5) is 15.6. The Labute approximate surface area is 172 Å². The Morgan fingerprint density at radius 1 is 1.24 bits per heavy atom. The van der Waals surface area contributed by atoms with Crippen LogP contribution >= 0.6 is 0 Å². The first-order chi connectivity index (χ1) is 13.9. The van der Waals surface area contributed by atoms with Crippen molar-refractivity contribution in [1.29, 1.82) is 0 Å². The van der Waals surface area contributed by atoms with Crippen molar-refractivity contribution in [2.45, 2.75) is 45.2 Å². The van der Waals surface area contributed by atoms with Crippen molar-refractivity contribution in [3.05, 3.63) is 59.5 Å². The minimum atomic E-state index is -0.208. The van der Waals surface area contributed by atoms with E-state index in [0.717, 1.165) is 36.6 Å². The molecule has 0 spiro atoms. The van der Waals surface area contributed by atoms with Gasteiger partial charge < -0.3 is 9.15 Å². The second-order valence-corrected chi connectivity index (χ2v) is 8.53. The molecule has 2 aliphatic heterocycles. The highest BCUT2D eigenvalue weighted by Gasteiger charge is 2.37. The van der Waals surface area contributed by atoms with E-state index in [4.69, 9.17) is 14.3 Å². The van der Waals surface area contributed by atoms with E-state index in [1.54, 1.807) is 11.3 Å². The summed E-state index contributed by atoms with van der Waals surface area (Å²) >= 11 is 0. The van der Waals surface area contributed by atoms with Gasteiger partial charge in [0.15, 0.2) is 0 Å². The summed E-state index contributed by atoms with van der Waals surface area (Å²) in [5.74, 6) is 0.756. The third-order valence-electron chi connectivity index (χ3n) is 5.78. The Morgan fingerprint density at radius 2 is 2.03 bits per heavy atom. The van der Waals surface area contributed by atoms with Gasteiger partial charge in [-0.2, -0.15) is 5.10 Å². The van der Waals surface area contributed by atoms with Crippen LogP contribution in [0.2, 0.25) is 0 Å². The highest BCUT2D eigenvalue weighted by atomic mass is 16.5. The summed E-state index contributed by atoms with van der Waals surface area (Å²) in [5.41, 5.74) is 2.98. The number of furan rings is 1. The number of benzene rings is 1. The molecule has 6 nitrogen and oxygen atoms in total. The molecule has 1 aromatic carbocycles. The second-order valence-electron chi connectivity index (χ2n) is 8.53. The molecule has 0 bridgehead atoms. The molecule has 4 rings (SSSR count). The van der Waals surface area contributed by atoms with E-state index in [-0.39, 0.29) is 17.5 Å². The molecule has 2 aliphatic rings. The lowest BCUT2D eigenvalue weighted by Crippen LogP contribution is -2.50. The van der Waals surface area contributed by atoms with E-state index >= 15 is 0 Å². The smallest absolute Gasteiger partial charge is 0.257 e. The van der Waals surface area contributed by atoms with Crippen molar-refractivity contribution in [3.8, 4) is 0 Å². The first-order valence-electron chi connectivity index (χ1n) is 10.3.